The summed E-state index contributed by atoms with van der Waals surface area (Å²) in [6.45, 7) is 3.14. The van der Waals surface area contributed by atoms with E-state index < -0.39 is 0 Å². The molecule has 1 rings (SSSR count). The first kappa shape index (κ1) is 15.2. The first-order valence-corrected chi connectivity index (χ1v) is 5.63. The van der Waals surface area contributed by atoms with Crippen LogP contribution in [-0.2, 0) is 0 Å². The Bertz CT molecular complexity index is 342. The van der Waals surface area contributed by atoms with Crippen LogP contribution in [-0.4, -0.2) is 26.1 Å². The average molecular weight is 265 g/mol. The summed E-state index contributed by atoms with van der Waals surface area (Å²) < 4.78 is 5.12. The minimum atomic E-state index is -0.0848. The summed E-state index contributed by atoms with van der Waals surface area (Å²) in [5.74, 6) is 0.557. The third-order valence-electron chi connectivity index (χ3n) is 1.91. The van der Waals surface area contributed by atoms with Gasteiger partial charge in [0.2, 0.25) is 0 Å². The number of nitrogens with two attached hydrogens (primary N) is 1. The zero-order valence-corrected chi connectivity index (χ0v) is 11.0. The van der Waals surface area contributed by atoms with E-state index >= 15 is 0 Å². The Morgan fingerprint density at radius 1 is 1.62 bits per heavy atom. The molecule has 0 aromatic carbocycles. The van der Waals surface area contributed by atoms with E-state index in [9.17, 15) is 4.79 Å². The summed E-state index contributed by atoms with van der Waals surface area (Å²) in [7, 11) is 1.57. The number of carbonyl (C=O) groups excluding carboxylic acids is 1. The number of halogens is 1. The standard InChI is InChI=1S/C10H16N2O2S.ClH/c1-7-6-8(14-2)9(15-7)10(13)12-5-3-4-11;/h6H,3-5,11H2,1-2H3,(H,12,13);1H. The van der Waals surface area contributed by atoms with E-state index in [1.165, 1.54) is 11.3 Å². The summed E-state index contributed by atoms with van der Waals surface area (Å²) in [5.41, 5.74) is 5.34. The highest BCUT2D eigenvalue weighted by molar-refractivity contribution is 7.14. The first-order chi connectivity index (χ1) is 7.19. The van der Waals surface area contributed by atoms with Gasteiger partial charge in [0, 0.05) is 11.4 Å². The molecule has 4 nitrogen and oxygen atoms in total. The zero-order valence-electron chi connectivity index (χ0n) is 9.41. The van der Waals surface area contributed by atoms with Crippen molar-refractivity contribution in [2.24, 2.45) is 5.73 Å². The molecule has 1 heterocycles. The van der Waals surface area contributed by atoms with Gasteiger partial charge in [-0.05, 0) is 26.0 Å². The lowest BCUT2D eigenvalue weighted by atomic mass is 10.3. The van der Waals surface area contributed by atoms with Crippen molar-refractivity contribution in [3.63, 3.8) is 0 Å². The van der Waals surface area contributed by atoms with Gasteiger partial charge in [-0.3, -0.25) is 4.79 Å². The topological polar surface area (TPSA) is 64.3 Å². The molecule has 92 valence electrons. The molecular formula is C10H17ClN2O2S. The van der Waals surface area contributed by atoms with Gasteiger partial charge in [0.25, 0.3) is 5.91 Å². The molecule has 0 spiro atoms. The van der Waals surface area contributed by atoms with E-state index in [4.69, 9.17) is 10.5 Å². The molecule has 0 atom stereocenters. The van der Waals surface area contributed by atoms with Crippen LogP contribution in [0, 0.1) is 6.92 Å². The van der Waals surface area contributed by atoms with Gasteiger partial charge in [0.1, 0.15) is 10.6 Å². The van der Waals surface area contributed by atoms with E-state index in [1.807, 2.05) is 13.0 Å². The van der Waals surface area contributed by atoms with Gasteiger partial charge >= 0.3 is 0 Å². The van der Waals surface area contributed by atoms with Crippen LogP contribution >= 0.6 is 23.7 Å². The van der Waals surface area contributed by atoms with Crippen molar-refractivity contribution in [3.8, 4) is 5.75 Å². The molecule has 16 heavy (non-hydrogen) atoms. The molecule has 6 heteroatoms. The van der Waals surface area contributed by atoms with Crippen molar-refractivity contribution in [1.29, 1.82) is 0 Å². The van der Waals surface area contributed by atoms with E-state index in [1.54, 1.807) is 7.11 Å². The van der Waals surface area contributed by atoms with E-state index in [0.717, 1.165) is 11.3 Å². The van der Waals surface area contributed by atoms with Crippen LogP contribution in [0.1, 0.15) is 21.0 Å². The lowest BCUT2D eigenvalue weighted by molar-refractivity contribution is 0.0955. The van der Waals surface area contributed by atoms with Crippen molar-refractivity contribution in [1.82, 2.24) is 5.32 Å². The van der Waals surface area contributed by atoms with Gasteiger partial charge in [-0.2, -0.15) is 0 Å². The van der Waals surface area contributed by atoms with Crippen molar-refractivity contribution >= 4 is 29.7 Å². The Kier molecular flexibility index (Phi) is 7.12. The fourth-order valence-electron chi connectivity index (χ4n) is 1.19. The highest BCUT2D eigenvalue weighted by Crippen LogP contribution is 2.28. The van der Waals surface area contributed by atoms with Crippen LogP contribution in [0.25, 0.3) is 0 Å². The SMILES string of the molecule is COc1cc(C)sc1C(=O)NCCCN.Cl. The molecule has 1 amide bonds. The second-order valence-electron chi connectivity index (χ2n) is 3.15. The van der Waals surface area contributed by atoms with Gasteiger partial charge in [-0.1, -0.05) is 0 Å². The molecule has 0 radical (unpaired) electrons. The zero-order chi connectivity index (χ0) is 11.3. The molecule has 0 unspecified atom stereocenters. The van der Waals surface area contributed by atoms with Crippen LogP contribution < -0.4 is 15.8 Å². The Labute approximate surface area is 106 Å². The molecule has 0 aliphatic carbocycles. The number of carbonyl (C=O) groups is 1. The quantitative estimate of drug-likeness (QED) is 0.794. The smallest absolute Gasteiger partial charge is 0.265 e. The lowest BCUT2D eigenvalue weighted by Gasteiger charge is -2.03. The maximum Gasteiger partial charge on any atom is 0.265 e. The maximum absolute atomic E-state index is 11.7. The van der Waals surface area contributed by atoms with Crippen LogP contribution in [0.5, 0.6) is 5.75 Å². The number of hydrogen-bond donors (Lipinski definition) is 2. The molecule has 0 bridgehead atoms. The summed E-state index contributed by atoms with van der Waals surface area (Å²) in [5, 5.41) is 2.80. The molecule has 1 aromatic heterocycles. The molecule has 0 aliphatic rings. The number of methoxy groups -OCH3 is 1. The van der Waals surface area contributed by atoms with Crippen LogP contribution in [0.2, 0.25) is 0 Å². The number of rotatable bonds is 5. The highest BCUT2D eigenvalue weighted by atomic mass is 35.5. The monoisotopic (exact) mass is 264 g/mol. The third-order valence-corrected chi connectivity index (χ3v) is 2.94. The third kappa shape index (κ3) is 4.00. The van der Waals surface area contributed by atoms with E-state index in [2.05, 4.69) is 5.32 Å². The van der Waals surface area contributed by atoms with Crippen LogP contribution in [0.3, 0.4) is 0 Å². The summed E-state index contributed by atoms with van der Waals surface area (Å²) in [6, 6.07) is 1.86. The summed E-state index contributed by atoms with van der Waals surface area (Å²) >= 11 is 1.44. The van der Waals surface area contributed by atoms with E-state index in [0.29, 0.717) is 23.7 Å². The Balaban J connectivity index is 0.00000225. The largest absolute Gasteiger partial charge is 0.495 e. The fraction of sp³-hybridized carbons (Fsp3) is 0.500. The van der Waals surface area contributed by atoms with Crippen LogP contribution in [0.15, 0.2) is 6.07 Å². The maximum atomic E-state index is 11.7. The molecule has 0 fully saturated rings. The van der Waals surface area contributed by atoms with Crippen molar-refractivity contribution < 1.29 is 9.53 Å². The molecule has 1 aromatic rings. The molecule has 0 saturated carbocycles. The minimum absolute atomic E-state index is 0. The predicted octanol–water partition coefficient (Wildman–Crippen LogP) is 1.57. The first-order valence-electron chi connectivity index (χ1n) is 4.81. The Hall–Kier alpha value is -0.780. The predicted molar refractivity (Wildman–Crippen MR) is 68.9 cm³/mol. The molecule has 0 aliphatic heterocycles. The van der Waals surface area contributed by atoms with Gasteiger partial charge in [0.05, 0.1) is 7.11 Å². The van der Waals surface area contributed by atoms with Gasteiger partial charge in [0.15, 0.2) is 0 Å². The van der Waals surface area contributed by atoms with Crippen molar-refractivity contribution in [2.45, 2.75) is 13.3 Å². The number of nitrogens with one attached hydrogen (secondary N) is 1. The Morgan fingerprint density at radius 2 is 2.31 bits per heavy atom. The fourth-order valence-corrected chi connectivity index (χ4v) is 2.08. The van der Waals surface area contributed by atoms with Crippen molar-refractivity contribution in [2.75, 3.05) is 20.2 Å². The summed E-state index contributed by atoms with van der Waals surface area (Å²) in [6.07, 6.45) is 0.790. The van der Waals surface area contributed by atoms with Crippen molar-refractivity contribution in [3.05, 3.63) is 15.8 Å². The minimum Gasteiger partial charge on any atom is -0.495 e. The number of hydrogen-bond acceptors (Lipinski definition) is 4. The second-order valence-corrected chi connectivity index (χ2v) is 4.41. The average Bonchev–Trinajstić information content (AvgIpc) is 2.60. The number of aryl methyl sites for hydroxylation is 1. The normalized spacial score (nSPS) is 9.44. The van der Waals surface area contributed by atoms with Gasteiger partial charge < -0.3 is 15.8 Å². The van der Waals surface area contributed by atoms with Gasteiger partial charge in [-0.15, -0.1) is 23.7 Å². The van der Waals surface area contributed by atoms with Crippen LogP contribution in [0.4, 0.5) is 0 Å². The highest BCUT2D eigenvalue weighted by Gasteiger charge is 2.14. The number of ether oxygens (including phenoxy) is 1. The summed E-state index contributed by atoms with van der Waals surface area (Å²) in [4.78, 5) is 13.4. The van der Waals surface area contributed by atoms with Gasteiger partial charge in [-0.25, -0.2) is 0 Å². The molecule has 0 saturated heterocycles. The molecule has 3 N–H and O–H groups in total. The van der Waals surface area contributed by atoms with E-state index in [-0.39, 0.29) is 18.3 Å². The number of amides is 1. The Morgan fingerprint density at radius 3 is 2.88 bits per heavy atom. The lowest BCUT2D eigenvalue weighted by Crippen LogP contribution is -2.25. The second kappa shape index (κ2) is 7.49. The molecular weight excluding hydrogens is 248 g/mol. The number of thiophene rings is 1.